The first-order valence-electron chi connectivity index (χ1n) is 8.96. The number of halogens is 1. The van der Waals surface area contributed by atoms with Crippen LogP contribution in [0.1, 0.15) is 41.8 Å². The number of nitrogens with one attached hydrogen (secondary N) is 1. The summed E-state index contributed by atoms with van der Waals surface area (Å²) < 4.78 is 5.17. The maximum absolute atomic E-state index is 12.2. The zero-order valence-corrected chi connectivity index (χ0v) is 15.4. The smallest absolute Gasteiger partial charge is 0.289 e. The maximum atomic E-state index is 12.2. The summed E-state index contributed by atoms with van der Waals surface area (Å²) in [5, 5.41) is 3.61. The van der Waals surface area contributed by atoms with Crippen molar-refractivity contribution in [1.29, 1.82) is 0 Å². The van der Waals surface area contributed by atoms with Crippen molar-refractivity contribution in [2.45, 2.75) is 32.2 Å². The minimum Gasteiger partial charge on any atom is -0.459 e. The zero-order valence-electron chi connectivity index (χ0n) is 14.6. The van der Waals surface area contributed by atoms with E-state index in [2.05, 4.69) is 5.32 Å². The van der Waals surface area contributed by atoms with Crippen molar-refractivity contribution in [2.75, 3.05) is 13.1 Å². The molecule has 0 radical (unpaired) electrons. The molecule has 1 N–H and O–H groups in total. The minimum absolute atomic E-state index is 0.0484. The van der Waals surface area contributed by atoms with Crippen molar-refractivity contribution in [3.05, 3.63) is 59.0 Å². The highest BCUT2D eigenvalue weighted by Gasteiger charge is 2.25. The Bertz CT molecular complexity index is 737. The summed E-state index contributed by atoms with van der Waals surface area (Å²) in [5.41, 5.74) is 0.996. The molecule has 1 aromatic carbocycles. The Kier molecular flexibility index (Phi) is 6.34. The minimum atomic E-state index is -0.0484. The highest BCUT2D eigenvalue weighted by Crippen LogP contribution is 2.23. The number of hydrogen-bond acceptors (Lipinski definition) is 3. The van der Waals surface area contributed by atoms with Crippen LogP contribution in [0.4, 0.5) is 0 Å². The number of likely N-dealkylation sites (tertiary alicyclic amines) is 1. The second kappa shape index (κ2) is 8.90. The average Bonchev–Trinajstić information content (AvgIpc) is 3.19. The van der Waals surface area contributed by atoms with Crippen LogP contribution in [0.5, 0.6) is 0 Å². The number of furan rings is 1. The van der Waals surface area contributed by atoms with Crippen LogP contribution >= 0.6 is 11.6 Å². The number of carbonyl (C=O) groups excluding carboxylic acids is 2. The Labute approximate surface area is 158 Å². The van der Waals surface area contributed by atoms with Gasteiger partial charge in [-0.15, -0.1) is 0 Å². The molecular weight excluding hydrogens is 352 g/mol. The van der Waals surface area contributed by atoms with E-state index in [4.69, 9.17) is 16.0 Å². The molecule has 0 atom stereocenters. The lowest BCUT2D eigenvalue weighted by Crippen LogP contribution is -2.38. The van der Waals surface area contributed by atoms with Gasteiger partial charge in [-0.3, -0.25) is 9.59 Å². The lowest BCUT2D eigenvalue weighted by Gasteiger charge is -2.31. The molecule has 1 fully saturated rings. The van der Waals surface area contributed by atoms with Crippen molar-refractivity contribution in [3.8, 4) is 0 Å². The third kappa shape index (κ3) is 5.11. The standard InChI is InChI=1S/C20H23ClN2O3/c21-17-4-1-3-16(13-17)14-22-19(24)7-6-15-8-10-23(11-9-15)20(25)18-5-2-12-26-18/h1-5,12-13,15H,6-11,14H2,(H,22,24). The Morgan fingerprint density at radius 3 is 2.69 bits per heavy atom. The molecule has 5 nitrogen and oxygen atoms in total. The molecular formula is C20H23ClN2O3. The Morgan fingerprint density at radius 1 is 1.19 bits per heavy atom. The largest absolute Gasteiger partial charge is 0.459 e. The van der Waals surface area contributed by atoms with Crippen LogP contribution in [-0.4, -0.2) is 29.8 Å². The summed E-state index contributed by atoms with van der Waals surface area (Å²) in [6.45, 7) is 1.93. The number of amides is 2. The molecule has 0 bridgehead atoms. The first-order valence-corrected chi connectivity index (χ1v) is 9.33. The molecule has 2 amide bonds. The van der Waals surface area contributed by atoms with Crippen LogP contribution in [0.2, 0.25) is 5.02 Å². The second-order valence-electron chi connectivity index (χ2n) is 6.66. The van der Waals surface area contributed by atoms with Gasteiger partial charge in [-0.2, -0.15) is 0 Å². The summed E-state index contributed by atoms with van der Waals surface area (Å²) in [4.78, 5) is 26.1. The highest BCUT2D eigenvalue weighted by molar-refractivity contribution is 6.30. The van der Waals surface area contributed by atoms with Crippen molar-refractivity contribution in [1.82, 2.24) is 10.2 Å². The van der Waals surface area contributed by atoms with Gasteiger partial charge in [-0.25, -0.2) is 0 Å². The molecule has 26 heavy (non-hydrogen) atoms. The van der Waals surface area contributed by atoms with Gasteiger partial charge < -0.3 is 14.6 Å². The highest BCUT2D eigenvalue weighted by atomic mass is 35.5. The molecule has 1 saturated heterocycles. The number of hydrogen-bond donors (Lipinski definition) is 1. The third-order valence-corrected chi connectivity index (χ3v) is 5.03. The van der Waals surface area contributed by atoms with Gasteiger partial charge in [0.1, 0.15) is 0 Å². The predicted molar refractivity (Wildman–Crippen MR) is 99.9 cm³/mol. The monoisotopic (exact) mass is 374 g/mol. The number of carbonyl (C=O) groups is 2. The van der Waals surface area contributed by atoms with Gasteiger partial charge in [0.15, 0.2) is 5.76 Å². The van der Waals surface area contributed by atoms with Gasteiger partial charge in [-0.05, 0) is 55.0 Å². The fourth-order valence-corrected chi connectivity index (χ4v) is 3.46. The fourth-order valence-electron chi connectivity index (χ4n) is 3.25. The van der Waals surface area contributed by atoms with Gasteiger partial charge in [-0.1, -0.05) is 23.7 Å². The molecule has 0 aliphatic carbocycles. The number of nitrogens with zero attached hydrogens (tertiary/aromatic N) is 1. The molecule has 6 heteroatoms. The van der Waals surface area contributed by atoms with Gasteiger partial charge >= 0.3 is 0 Å². The number of benzene rings is 1. The molecule has 2 heterocycles. The predicted octanol–water partition coefficient (Wildman–Crippen LogP) is 3.88. The van der Waals surface area contributed by atoms with Crippen LogP contribution in [0.15, 0.2) is 47.1 Å². The normalized spacial score (nSPS) is 15.0. The van der Waals surface area contributed by atoms with E-state index >= 15 is 0 Å². The van der Waals surface area contributed by atoms with Crippen molar-refractivity contribution >= 4 is 23.4 Å². The van der Waals surface area contributed by atoms with E-state index < -0.39 is 0 Å². The SMILES string of the molecule is O=C(CCC1CCN(C(=O)c2ccco2)CC1)NCc1cccc(Cl)c1. The third-order valence-electron chi connectivity index (χ3n) is 4.79. The lowest BCUT2D eigenvalue weighted by molar-refractivity contribution is -0.121. The van der Waals surface area contributed by atoms with E-state index in [1.165, 1.54) is 6.26 Å². The molecule has 1 aliphatic heterocycles. The first-order chi connectivity index (χ1) is 12.6. The fraction of sp³-hybridized carbons (Fsp3) is 0.400. The number of rotatable bonds is 6. The lowest BCUT2D eigenvalue weighted by atomic mass is 9.92. The van der Waals surface area contributed by atoms with E-state index in [1.807, 2.05) is 29.2 Å². The average molecular weight is 375 g/mol. The van der Waals surface area contributed by atoms with Gasteiger partial charge in [0.05, 0.1) is 6.26 Å². The van der Waals surface area contributed by atoms with Crippen LogP contribution in [0.25, 0.3) is 0 Å². The summed E-state index contributed by atoms with van der Waals surface area (Å²) >= 11 is 5.94. The molecule has 1 aliphatic rings. The molecule has 0 saturated carbocycles. The van der Waals surface area contributed by atoms with Crippen LogP contribution in [-0.2, 0) is 11.3 Å². The molecule has 3 rings (SSSR count). The topological polar surface area (TPSA) is 62.6 Å². The van der Waals surface area contributed by atoms with Gasteiger partial charge in [0.25, 0.3) is 5.91 Å². The maximum Gasteiger partial charge on any atom is 0.289 e. The second-order valence-corrected chi connectivity index (χ2v) is 7.09. The first kappa shape index (κ1) is 18.5. The van der Waals surface area contributed by atoms with Gasteiger partial charge in [0, 0.05) is 31.1 Å². The van der Waals surface area contributed by atoms with Crippen LogP contribution in [0.3, 0.4) is 0 Å². The van der Waals surface area contributed by atoms with Crippen LogP contribution in [0, 0.1) is 5.92 Å². The zero-order chi connectivity index (χ0) is 18.4. The number of piperidine rings is 1. The van der Waals surface area contributed by atoms with Crippen molar-refractivity contribution in [3.63, 3.8) is 0 Å². The molecule has 138 valence electrons. The van der Waals surface area contributed by atoms with E-state index in [0.29, 0.717) is 42.8 Å². The van der Waals surface area contributed by atoms with Crippen molar-refractivity contribution < 1.29 is 14.0 Å². The molecule has 1 aromatic heterocycles. The van der Waals surface area contributed by atoms with Crippen LogP contribution < -0.4 is 5.32 Å². The molecule has 2 aromatic rings. The summed E-state index contributed by atoms with van der Waals surface area (Å²) in [6, 6.07) is 10.9. The summed E-state index contributed by atoms with van der Waals surface area (Å²) in [5.74, 6) is 0.878. The van der Waals surface area contributed by atoms with E-state index in [9.17, 15) is 9.59 Å². The van der Waals surface area contributed by atoms with E-state index in [0.717, 1.165) is 24.8 Å². The summed E-state index contributed by atoms with van der Waals surface area (Å²) in [7, 11) is 0. The molecule has 0 unspecified atom stereocenters. The Hall–Kier alpha value is -2.27. The van der Waals surface area contributed by atoms with E-state index in [1.54, 1.807) is 12.1 Å². The molecule has 0 spiro atoms. The quantitative estimate of drug-likeness (QED) is 0.834. The van der Waals surface area contributed by atoms with Gasteiger partial charge in [0.2, 0.25) is 5.91 Å². The van der Waals surface area contributed by atoms with Crippen molar-refractivity contribution in [2.24, 2.45) is 5.92 Å². The Morgan fingerprint density at radius 2 is 2.00 bits per heavy atom. The Balaban J connectivity index is 1.35. The summed E-state index contributed by atoms with van der Waals surface area (Å²) in [6.07, 6.45) is 4.73. The van der Waals surface area contributed by atoms with E-state index in [-0.39, 0.29) is 11.8 Å².